The Hall–Kier alpha value is -0.710. The Morgan fingerprint density at radius 2 is 1.72 bits per heavy atom. The van der Waals surface area contributed by atoms with Gasteiger partial charge in [-0.15, -0.1) is 0 Å². The molecule has 0 spiro atoms. The number of hydrogen-bond acceptors (Lipinski definition) is 3. The summed E-state index contributed by atoms with van der Waals surface area (Å²) in [5.74, 6) is 0. The van der Waals surface area contributed by atoms with Gasteiger partial charge in [-0.1, -0.05) is 48.7 Å². The molecule has 7 heteroatoms. The minimum Gasteiger partial charge on any atom is -0.480 e. The first kappa shape index (κ1) is 13.7. The summed E-state index contributed by atoms with van der Waals surface area (Å²) in [7, 11) is 0. The molecule has 2 rings (SSSR count). The third-order valence-electron chi connectivity index (χ3n) is 2.97. The van der Waals surface area contributed by atoms with Crippen molar-refractivity contribution in [2.45, 2.75) is 32.7 Å². The molecule has 98 valence electrons. The maximum atomic E-state index is 9.94. The van der Waals surface area contributed by atoms with Gasteiger partial charge in [0.05, 0.1) is 10.0 Å². The van der Waals surface area contributed by atoms with E-state index in [1.54, 1.807) is 4.57 Å². The summed E-state index contributed by atoms with van der Waals surface area (Å²) in [6.07, 6.45) is 1.68. The zero-order valence-electron chi connectivity index (χ0n) is 9.91. The van der Waals surface area contributed by atoms with Crippen molar-refractivity contribution in [2.24, 2.45) is 0 Å². The van der Waals surface area contributed by atoms with Gasteiger partial charge in [0.15, 0.2) is 10.8 Å². The van der Waals surface area contributed by atoms with Gasteiger partial charge in [0.25, 0.3) is 6.01 Å². The number of aromatic nitrogens is 3. The average molecular weight is 309 g/mol. The highest BCUT2D eigenvalue weighted by Gasteiger charge is 2.22. The Balaban J connectivity index is 2.81. The van der Waals surface area contributed by atoms with Crippen LogP contribution in [0.5, 0.6) is 6.01 Å². The molecule has 0 aliphatic heterocycles. The Labute approximate surface area is 120 Å². The number of pyridine rings is 1. The summed E-state index contributed by atoms with van der Waals surface area (Å²) in [5, 5.41) is 10.5. The summed E-state index contributed by atoms with van der Waals surface area (Å²) in [4.78, 5) is 8.00. The number of hydrogen-bond donors (Lipinski definition) is 1. The standard InChI is InChI=1S/C11H12Cl3N3O/c1-3-5(4-2)17-8-6(12)7(13)9(14)15-10(8)16-11(17)18/h5H,3-4H2,1-2H3,(H,15,16,18). The van der Waals surface area contributed by atoms with Crippen molar-refractivity contribution >= 4 is 46.0 Å². The van der Waals surface area contributed by atoms with Gasteiger partial charge in [-0.05, 0) is 12.8 Å². The fourth-order valence-corrected chi connectivity index (χ4v) is 2.65. The second kappa shape index (κ2) is 5.11. The van der Waals surface area contributed by atoms with Crippen LogP contribution in [0.15, 0.2) is 0 Å². The van der Waals surface area contributed by atoms with Crippen molar-refractivity contribution in [1.82, 2.24) is 14.5 Å². The first-order valence-corrected chi connectivity index (χ1v) is 6.75. The van der Waals surface area contributed by atoms with E-state index in [9.17, 15) is 5.11 Å². The number of aromatic hydroxyl groups is 1. The van der Waals surface area contributed by atoms with Crippen molar-refractivity contribution in [2.75, 3.05) is 0 Å². The SMILES string of the molecule is CCC(CC)n1c(O)nc2nc(Cl)c(Cl)c(Cl)c21. The topological polar surface area (TPSA) is 50.9 Å². The first-order chi connectivity index (χ1) is 8.51. The summed E-state index contributed by atoms with van der Waals surface area (Å²) in [6.45, 7) is 4.05. The first-order valence-electron chi connectivity index (χ1n) is 5.62. The molecule has 0 fully saturated rings. The molecule has 0 aliphatic carbocycles. The molecule has 18 heavy (non-hydrogen) atoms. The van der Waals surface area contributed by atoms with Gasteiger partial charge in [0.1, 0.15) is 5.52 Å². The van der Waals surface area contributed by atoms with E-state index < -0.39 is 0 Å². The molecule has 2 aromatic rings. The number of rotatable bonds is 3. The molecule has 0 atom stereocenters. The second-order valence-corrected chi connectivity index (χ2v) is 5.07. The average Bonchev–Trinajstić information content (AvgIpc) is 2.65. The van der Waals surface area contributed by atoms with E-state index in [-0.39, 0.29) is 27.3 Å². The van der Waals surface area contributed by atoms with Crippen molar-refractivity contribution < 1.29 is 5.11 Å². The van der Waals surface area contributed by atoms with Crippen LogP contribution in [0.25, 0.3) is 11.2 Å². The molecule has 4 nitrogen and oxygen atoms in total. The van der Waals surface area contributed by atoms with Gasteiger partial charge in [-0.25, -0.2) is 4.98 Å². The zero-order valence-corrected chi connectivity index (χ0v) is 12.2. The summed E-state index contributed by atoms with van der Waals surface area (Å²) >= 11 is 18.0. The monoisotopic (exact) mass is 307 g/mol. The van der Waals surface area contributed by atoms with Crippen LogP contribution in [0, 0.1) is 0 Å². The number of imidazole rings is 1. The quantitative estimate of drug-likeness (QED) is 0.852. The predicted octanol–water partition coefficient (Wildman–Crippen LogP) is 4.46. The van der Waals surface area contributed by atoms with Crippen LogP contribution in [0.3, 0.4) is 0 Å². The van der Waals surface area contributed by atoms with Crippen molar-refractivity contribution in [3.63, 3.8) is 0 Å². The number of nitrogens with zero attached hydrogens (tertiary/aromatic N) is 3. The van der Waals surface area contributed by atoms with Gasteiger partial charge in [0.2, 0.25) is 0 Å². The van der Waals surface area contributed by atoms with Crippen LogP contribution in [0.1, 0.15) is 32.7 Å². The Morgan fingerprint density at radius 1 is 1.11 bits per heavy atom. The molecule has 2 aromatic heterocycles. The molecule has 0 saturated carbocycles. The van der Waals surface area contributed by atoms with E-state index in [1.165, 1.54) is 0 Å². The highest BCUT2D eigenvalue weighted by Crippen LogP contribution is 2.38. The molecule has 0 bridgehead atoms. The number of halogens is 3. The summed E-state index contributed by atoms with van der Waals surface area (Å²) < 4.78 is 1.66. The van der Waals surface area contributed by atoms with Crippen molar-refractivity contribution in [3.8, 4) is 6.01 Å². The molecule has 0 saturated heterocycles. The van der Waals surface area contributed by atoms with Crippen LogP contribution in [-0.2, 0) is 0 Å². The smallest absolute Gasteiger partial charge is 0.296 e. The molecule has 0 aromatic carbocycles. The molecular formula is C11H12Cl3N3O. The largest absolute Gasteiger partial charge is 0.480 e. The van der Waals surface area contributed by atoms with Crippen LogP contribution in [0.4, 0.5) is 0 Å². The van der Waals surface area contributed by atoms with Crippen LogP contribution < -0.4 is 0 Å². The van der Waals surface area contributed by atoms with Crippen LogP contribution >= 0.6 is 34.8 Å². The second-order valence-electron chi connectivity index (χ2n) is 3.95. The Morgan fingerprint density at radius 3 is 2.28 bits per heavy atom. The molecular weight excluding hydrogens is 297 g/mol. The molecule has 0 aliphatic rings. The van der Waals surface area contributed by atoms with Gasteiger partial charge < -0.3 is 5.11 Å². The third kappa shape index (κ3) is 2.02. The summed E-state index contributed by atoms with van der Waals surface area (Å²) in [6, 6.07) is -0.0297. The molecule has 0 unspecified atom stereocenters. The zero-order chi connectivity index (χ0) is 13.4. The minimum absolute atomic E-state index is 0.0864. The maximum absolute atomic E-state index is 9.94. The van der Waals surface area contributed by atoms with Crippen LogP contribution in [0.2, 0.25) is 15.2 Å². The lowest BCUT2D eigenvalue weighted by atomic mass is 10.1. The predicted molar refractivity (Wildman–Crippen MR) is 73.8 cm³/mol. The molecule has 1 N–H and O–H groups in total. The van der Waals surface area contributed by atoms with E-state index in [2.05, 4.69) is 9.97 Å². The molecule has 0 amide bonds. The summed E-state index contributed by atoms with van der Waals surface area (Å²) in [5.41, 5.74) is 0.830. The fraction of sp³-hybridized carbons (Fsp3) is 0.455. The Kier molecular flexibility index (Phi) is 3.90. The lowest BCUT2D eigenvalue weighted by Gasteiger charge is -2.16. The Bertz CT molecular complexity index is 593. The lowest BCUT2D eigenvalue weighted by molar-refractivity contribution is 0.361. The molecule has 2 heterocycles. The van der Waals surface area contributed by atoms with Gasteiger partial charge in [0, 0.05) is 6.04 Å². The highest BCUT2D eigenvalue weighted by atomic mass is 35.5. The fourth-order valence-electron chi connectivity index (χ4n) is 2.03. The van der Waals surface area contributed by atoms with Crippen LogP contribution in [-0.4, -0.2) is 19.6 Å². The van der Waals surface area contributed by atoms with E-state index in [1.807, 2.05) is 13.8 Å². The van der Waals surface area contributed by atoms with E-state index in [0.717, 1.165) is 12.8 Å². The van der Waals surface area contributed by atoms with E-state index in [4.69, 9.17) is 34.8 Å². The van der Waals surface area contributed by atoms with Crippen molar-refractivity contribution in [1.29, 1.82) is 0 Å². The van der Waals surface area contributed by atoms with E-state index >= 15 is 0 Å². The number of fused-ring (bicyclic) bond motifs is 1. The van der Waals surface area contributed by atoms with Gasteiger partial charge in [-0.2, -0.15) is 4.98 Å². The normalized spacial score (nSPS) is 11.7. The minimum atomic E-state index is -0.119. The van der Waals surface area contributed by atoms with Crippen molar-refractivity contribution in [3.05, 3.63) is 15.2 Å². The molecule has 0 radical (unpaired) electrons. The van der Waals surface area contributed by atoms with Gasteiger partial charge >= 0.3 is 0 Å². The third-order valence-corrected chi connectivity index (χ3v) is 4.17. The maximum Gasteiger partial charge on any atom is 0.296 e. The van der Waals surface area contributed by atoms with E-state index in [0.29, 0.717) is 11.2 Å². The lowest BCUT2D eigenvalue weighted by Crippen LogP contribution is -2.06. The van der Waals surface area contributed by atoms with Gasteiger partial charge in [-0.3, -0.25) is 4.57 Å². The highest BCUT2D eigenvalue weighted by molar-refractivity contribution is 6.49.